The lowest BCUT2D eigenvalue weighted by Gasteiger charge is -2.13. The summed E-state index contributed by atoms with van der Waals surface area (Å²) in [6.45, 7) is 0.388. The van der Waals surface area contributed by atoms with Crippen LogP contribution < -0.4 is 15.4 Å². The molecule has 2 amide bonds. The zero-order valence-electron chi connectivity index (χ0n) is 19.6. The molecule has 2 N–H and O–H groups in total. The maximum atomic E-state index is 13.0. The van der Waals surface area contributed by atoms with Crippen LogP contribution in [0.2, 0.25) is 0 Å². The van der Waals surface area contributed by atoms with Crippen molar-refractivity contribution in [3.05, 3.63) is 125 Å². The smallest absolute Gasteiger partial charge is 0.416 e. The van der Waals surface area contributed by atoms with Gasteiger partial charge < -0.3 is 15.4 Å². The molecule has 0 aromatic heterocycles. The minimum Gasteiger partial charge on any atom is -0.492 e. The van der Waals surface area contributed by atoms with Crippen molar-refractivity contribution in [2.45, 2.75) is 12.6 Å². The number of para-hydroxylation sites is 1. The number of ether oxygens (including phenoxy) is 1. The van der Waals surface area contributed by atoms with Crippen LogP contribution in [0.3, 0.4) is 0 Å². The monoisotopic (exact) mass is 504 g/mol. The molecule has 4 aromatic rings. The predicted octanol–water partition coefficient (Wildman–Crippen LogP) is 6.83. The first-order valence-electron chi connectivity index (χ1n) is 11.5. The van der Waals surface area contributed by atoms with Crippen LogP contribution in [-0.2, 0) is 12.6 Å². The highest BCUT2D eigenvalue weighted by Gasteiger charge is 2.30. The van der Waals surface area contributed by atoms with Gasteiger partial charge in [-0.3, -0.25) is 9.59 Å². The molecule has 188 valence electrons. The molecular formula is C29H23F3N2O3. The average Bonchev–Trinajstić information content (AvgIpc) is 2.89. The number of amides is 2. The van der Waals surface area contributed by atoms with Crippen molar-refractivity contribution in [1.82, 2.24) is 0 Å². The van der Waals surface area contributed by atoms with Gasteiger partial charge in [-0.2, -0.15) is 13.2 Å². The van der Waals surface area contributed by atoms with Gasteiger partial charge in [-0.05, 0) is 54.1 Å². The van der Waals surface area contributed by atoms with Crippen LogP contribution in [0.1, 0.15) is 31.8 Å². The molecule has 4 aromatic carbocycles. The molecular weight excluding hydrogens is 481 g/mol. The molecule has 0 radical (unpaired) electrons. The van der Waals surface area contributed by atoms with Crippen LogP contribution in [-0.4, -0.2) is 18.4 Å². The standard InChI is InChI=1S/C29H23F3N2O3/c30-29(31,32)22-11-7-13-24(19-22)33-27(35)21-10-6-12-23(18-21)34-28(36)25-14-4-5-15-26(25)37-17-16-20-8-2-1-3-9-20/h1-15,18-19H,16-17H2,(H,33,35)(H,34,36). The molecule has 5 nitrogen and oxygen atoms in total. The van der Waals surface area contributed by atoms with Crippen LogP contribution >= 0.6 is 0 Å². The van der Waals surface area contributed by atoms with Crippen LogP contribution in [0.5, 0.6) is 5.75 Å². The number of alkyl halides is 3. The van der Waals surface area contributed by atoms with Crippen molar-refractivity contribution < 1.29 is 27.5 Å². The third kappa shape index (κ3) is 6.98. The van der Waals surface area contributed by atoms with Gasteiger partial charge in [0.05, 0.1) is 17.7 Å². The molecule has 0 heterocycles. The summed E-state index contributed by atoms with van der Waals surface area (Å²) in [6, 6.07) is 27.2. The van der Waals surface area contributed by atoms with Crippen molar-refractivity contribution in [1.29, 1.82) is 0 Å². The molecule has 0 bridgehead atoms. The molecule has 0 fully saturated rings. The van der Waals surface area contributed by atoms with Crippen LogP contribution in [0, 0.1) is 0 Å². The van der Waals surface area contributed by atoms with E-state index in [-0.39, 0.29) is 11.3 Å². The molecule has 0 spiro atoms. The van der Waals surface area contributed by atoms with Gasteiger partial charge in [0.25, 0.3) is 11.8 Å². The third-order valence-corrected chi connectivity index (χ3v) is 5.45. The lowest BCUT2D eigenvalue weighted by atomic mass is 10.1. The fourth-order valence-corrected chi connectivity index (χ4v) is 3.62. The first-order valence-corrected chi connectivity index (χ1v) is 11.5. The second kappa shape index (κ2) is 11.4. The molecule has 0 saturated carbocycles. The normalized spacial score (nSPS) is 11.0. The van der Waals surface area contributed by atoms with E-state index < -0.39 is 23.6 Å². The number of anilines is 2. The van der Waals surface area contributed by atoms with Gasteiger partial charge in [-0.15, -0.1) is 0 Å². The number of carbonyl (C=O) groups excluding carboxylic acids is 2. The van der Waals surface area contributed by atoms with E-state index in [1.165, 1.54) is 24.3 Å². The second-order valence-electron chi connectivity index (χ2n) is 8.15. The van der Waals surface area contributed by atoms with Crippen molar-refractivity contribution >= 4 is 23.2 Å². The maximum absolute atomic E-state index is 13.0. The largest absolute Gasteiger partial charge is 0.492 e. The molecule has 37 heavy (non-hydrogen) atoms. The van der Waals surface area contributed by atoms with E-state index in [9.17, 15) is 22.8 Å². The topological polar surface area (TPSA) is 67.4 Å². The van der Waals surface area contributed by atoms with E-state index in [0.717, 1.165) is 17.7 Å². The Morgan fingerprint density at radius 1 is 0.703 bits per heavy atom. The van der Waals surface area contributed by atoms with Crippen LogP contribution in [0.25, 0.3) is 0 Å². The molecule has 0 aliphatic heterocycles. The summed E-state index contributed by atoms with van der Waals surface area (Å²) in [6.07, 6.45) is -3.84. The SMILES string of the molecule is O=C(Nc1cccc(C(F)(F)F)c1)c1cccc(NC(=O)c2ccccc2OCCc2ccccc2)c1. The Morgan fingerprint density at radius 2 is 1.35 bits per heavy atom. The highest BCUT2D eigenvalue weighted by Crippen LogP contribution is 2.31. The lowest BCUT2D eigenvalue weighted by Crippen LogP contribution is -2.16. The lowest BCUT2D eigenvalue weighted by molar-refractivity contribution is -0.137. The minimum absolute atomic E-state index is 0.0100. The van der Waals surface area contributed by atoms with E-state index in [1.807, 2.05) is 30.3 Å². The summed E-state index contributed by atoms with van der Waals surface area (Å²) in [5.74, 6) is -0.611. The fraction of sp³-hybridized carbons (Fsp3) is 0.103. The fourth-order valence-electron chi connectivity index (χ4n) is 3.62. The Balaban J connectivity index is 1.42. The predicted molar refractivity (Wildman–Crippen MR) is 136 cm³/mol. The Kier molecular flexibility index (Phi) is 7.88. The summed E-state index contributed by atoms with van der Waals surface area (Å²) in [5.41, 5.74) is 1.11. The third-order valence-electron chi connectivity index (χ3n) is 5.45. The number of rotatable bonds is 8. The van der Waals surface area contributed by atoms with E-state index in [4.69, 9.17) is 4.74 Å². The van der Waals surface area contributed by atoms with Crippen molar-refractivity contribution in [3.8, 4) is 5.75 Å². The Hall–Kier alpha value is -4.59. The van der Waals surface area contributed by atoms with Crippen molar-refractivity contribution in [2.75, 3.05) is 17.2 Å². The Morgan fingerprint density at radius 3 is 2.11 bits per heavy atom. The summed E-state index contributed by atoms with van der Waals surface area (Å²) >= 11 is 0. The first kappa shape index (κ1) is 25.5. The van der Waals surface area contributed by atoms with Gasteiger partial charge in [0.15, 0.2) is 0 Å². The first-order chi connectivity index (χ1) is 17.8. The van der Waals surface area contributed by atoms with Gasteiger partial charge in [-0.25, -0.2) is 0 Å². The molecule has 0 unspecified atom stereocenters. The van der Waals surface area contributed by atoms with Crippen LogP contribution in [0.15, 0.2) is 103 Å². The number of benzene rings is 4. The maximum Gasteiger partial charge on any atom is 0.416 e. The summed E-state index contributed by atoms with van der Waals surface area (Å²) < 4.78 is 44.7. The van der Waals surface area contributed by atoms with E-state index >= 15 is 0 Å². The zero-order valence-corrected chi connectivity index (χ0v) is 19.6. The molecule has 0 aliphatic rings. The van der Waals surface area contributed by atoms with Gasteiger partial charge in [0.2, 0.25) is 0 Å². The highest BCUT2D eigenvalue weighted by molar-refractivity contribution is 6.08. The molecule has 0 saturated heterocycles. The van der Waals surface area contributed by atoms with Crippen LogP contribution in [0.4, 0.5) is 24.5 Å². The Bertz CT molecular complexity index is 1390. The highest BCUT2D eigenvalue weighted by atomic mass is 19.4. The van der Waals surface area contributed by atoms with E-state index in [1.54, 1.807) is 36.4 Å². The minimum atomic E-state index is -4.52. The number of hydrogen-bond donors (Lipinski definition) is 2. The summed E-state index contributed by atoms with van der Waals surface area (Å²) in [5, 5.41) is 5.20. The zero-order chi connectivity index (χ0) is 26.3. The molecule has 4 rings (SSSR count). The number of nitrogens with one attached hydrogen (secondary N) is 2. The van der Waals surface area contributed by atoms with Crippen molar-refractivity contribution in [3.63, 3.8) is 0 Å². The van der Waals surface area contributed by atoms with E-state index in [0.29, 0.717) is 30.0 Å². The number of hydrogen-bond acceptors (Lipinski definition) is 3. The number of carbonyl (C=O) groups is 2. The average molecular weight is 505 g/mol. The second-order valence-corrected chi connectivity index (χ2v) is 8.15. The molecule has 0 aliphatic carbocycles. The molecule has 8 heteroatoms. The molecule has 0 atom stereocenters. The van der Waals surface area contributed by atoms with Gasteiger partial charge >= 0.3 is 6.18 Å². The quantitative estimate of drug-likeness (QED) is 0.276. The number of halogens is 3. The Labute approximate surface area is 211 Å². The van der Waals surface area contributed by atoms with Gasteiger partial charge in [0.1, 0.15) is 5.75 Å². The van der Waals surface area contributed by atoms with Crippen molar-refractivity contribution in [2.24, 2.45) is 0 Å². The summed E-state index contributed by atoms with van der Waals surface area (Å²) in [4.78, 5) is 25.6. The van der Waals surface area contributed by atoms with Gasteiger partial charge in [0, 0.05) is 23.4 Å². The van der Waals surface area contributed by atoms with E-state index in [2.05, 4.69) is 10.6 Å². The van der Waals surface area contributed by atoms with Gasteiger partial charge in [-0.1, -0.05) is 54.6 Å². The summed E-state index contributed by atoms with van der Waals surface area (Å²) in [7, 11) is 0.